The molecule has 2 heterocycles. The number of hydrogen-bond donors (Lipinski definition) is 2. The molecule has 0 aromatic heterocycles. The summed E-state index contributed by atoms with van der Waals surface area (Å²) >= 11 is 0. The number of anilines is 2. The summed E-state index contributed by atoms with van der Waals surface area (Å²) in [4.78, 5) is 40.1. The van der Waals surface area contributed by atoms with E-state index in [4.69, 9.17) is 14.2 Å². The third-order valence-electron chi connectivity index (χ3n) is 6.22. The number of cyclic esters (lactones) is 1. The van der Waals surface area contributed by atoms with Crippen LogP contribution in [0.15, 0.2) is 48.5 Å². The number of amides is 3. The number of rotatable bonds is 8. The van der Waals surface area contributed by atoms with Crippen molar-refractivity contribution >= 4 is 29.5 Å². The lowest BCUT2D eigenvalue weighted by Crippen LogP contribution is -2.46. The molecule has 2 aromatic carbocycles. The Balaban J connectivity index is 1.26. The first-order valence-corrected chi connectivity index (χ1v) is 13.2. The first-order valence-electron chi connectivity index (χ1n) is 13.2. The summed E-state index contributed by atoms with van der Waals surface area (Å²) in [5, 5.41) is 4.10. The minimum Gasteiger partial charge on any atom is -0.443 e. The number of carbonyl (C=O) groups is 3. The van der Waals surface area contributed by atoms with Crippen molar-refractivity contribution in [3.63, 3.8) is 0 Å². The highest BCUT2D eigenvalue weighted by molar-refractivity contribution is 5.90. The molecule has 0 spiro atoms. The maximum Gasteiger partial charge on any atom is 0.424 e. The SMILES string of the molecule is CC(C)(C)OC(=O)N1CCN(c2ccc(N3C[C@H](CNC(=O)COCc4ccccc4)OC3=O)cc2F)CCN1. The van der Waals surface area contributed by atoms with E-state index in [0.29, 0.717) is 44.2 Å². The molecule has 0 radical (unpaired) electrons. The topological polar surface area (TPSA) is 113 Å². The Kier molecular flexibility index (Phi) is 9.43. The predicted molar refractivity (Wildman–Crippen MR) is 146 cm³/mol. The zero-order valence-electron chi connectivity index (χ0n) is 23.0. The van der Waals surface area contributed by atoms with Gasteiger partial charge < -0.3 is 24.4 Å². The Morgan fingerprint density at radius 2 is 1.90 bits per heavy atom. The molecule has 2 fully saturated rings. The molecule has 1 atom stereocenters. The fourth-order valence-electron chi connectivity index (χ4n) is 4.32. The Morgan fingerprint density at radius 3 is 2.62 bits per heavy atom. The number of benzene rings is 2. The molecule has 0 saturated carbocycles. The average molecular weight is 558 g/mol. The van der Waals surface area contributed by atoms with E-state index in [1.54, 1.807) is 32.9 Å². The van der Waals surface area contributed by atoms with E-state index >= 15 is 4.39 Å². The molecule has 4 rings (SSSR count). The second kappa shape index (κ2) is 13.0. The molecule has 0 bridgehead atoms. The summed E-state index contributed by atoms with van der Waals surface area (Å²) in [6, 6.07) is 14.1. The van der Waals surface area contributed by atoms with E-state index in [1.807, 2.05) is 35.2 Å². The molecule has 2 aliphatic rings. The molecule has 216 valence electrons. The van der Waals surface area contributed by atoms with Gasteiger partial charge in [0.2, 0.25) is 5.91 Å². The number of hydrazine groups is 1. The predicted octanol–water partition coefficient (Wildman–Crippen LogP) is 3.05. The summed E-state index contributed by atoms with van der Waals surface area (Å²) in [6.45, 7) is 7.46. The third kappa shape index (κ3) is 8.06. The van der Waals surface area contributed by atoms with Crippen molar-refractivity contribution in [2.45, 2.75) is 39.1 Å². The van der Waals surface area contributed by atoms with Crippen molar-refractivity contribution in [1.82, 2.24) is 15.8 Å². The van der Waals surface area contributed by atoms with Crippen LogP contribution in [0.5, 0.6) is 0 Å². The van der Waals surface area contributed by atoms with Crippen LogP contribution in [-0.2, 0) is 25.6 Å². The Hall–Kier alpha value is -3.90. The fraction of sp³-hybridized carbons (Fsp3) is 0.464. The normalized spacial score (nSPS) is 17.9. The number of nitrogens with zero attached hydrogens (tertiary/aromatic N) is 3. The van der Waals surface area contributed by atoms with Crippen LogP contribution < -0.4 is 20.5 Å². The van der Waals surface area contributed by atoms with Gasteiger partial charge in [-0.05, 0) is 44.5 Å². The molecular formula is C28H36FN5O6. The van der Waals surface area contributed by atoms with Crippen LogP contribution in [0.3, 0.4) is 0 Å². The van der Waals surface area contributed by atoms with Crippen LogP contribution in [0.4, 0.5) is 25.4 Å². The van der Waals surface area contributed by atoms with Crippen molar-refractivity contribution in [2.24, 2.45) is 0 Å². The molecule has 0 unspecified atom stereocenters. The van der Waals surface area contributed by atoms with Crippen LogP contribution in [0, 0.1) is 5.82 Å². The van der Waals surface area contributed by atoms with E-state index in [1.165, 1.54) is 16.0 Å². The molecule has 0 aliphatic carbocycles. The van der Waals surface area contributed by atoms with Gasteiger partial charge in [-0.25, -0.2) is 24.4 Å². The van der Waals surface area contributed by atoms with Gasteiger partial charge in [0.1, 0.15) is 24.1 Å². The lowest BCUT2D eigenvalue weighted by atomic mass is 10.2. The minimum atomic E-state index is -0.620. The quantitative estimate of drug-likeness (QED) is 0.510. The summed E-state index contributed by atoms with van der Waals surface area (Å²) < 4.78 is 31.4. The highest BCUT2D eigenvalue weighted by Gasteiger charge is 2.33. The van der Waals surface area contributed by atoms with E-state index < -0.39 is 29.7 Å². The number of nitrogens with one attached hydrogen (secondary N) is 2. The summed E-state index contributed by atoms with van der Waals surface area (Å²) in [5.74, 6) is -0.818. The van der Waals surface area contributed by atoms with Crippen molar-refractivity contribution in [1.29, 1.82) is 0 Å². The fourth-order valence-corrected chi connectivity index (χ4v) is 4.32. The van der Waals surface area contributed by atoms with E-state index in [9.17, 15) is 14.4 Å². The zero-order chi connectivity index (χ0) is 28.7. The largest absolute Gasteiger partial charge is 0.443 e. The van der Waals surface area contributed by atoms with Crippen molar-refractivity contribution in [3.05, 3.63) is 59.9 Å². The van der Waals surface area contributed by atoms with Gasteiger partial charge in [-0.15, -0.1) is 0 Å². The van der Waals surface area contributed by atoms with Gasteiger partial charge in [-0.2, -0.15) is 0 Å². The Bertz CT molecular complexity index is 1190. The molecule has 2 saturated heterocycles. The molecule has 11 nitrogen and oxygen atoms in total. The number of carbonyl (C=O) groups excluding carboxylic acids is 3. The summed E-state index contributed by atoms with van der Waals surface area (Å²) in [6.07, 6.45) is -1.68. The number of halogens is 1. The van der Waals surface area contributed by atoms with Gasteiger partial charge >= 0.3 is 12.2 Å². The van der Waals surface area contributed by atoms with Gasteiger partial charge in [0.15, 0.2) is 0 Å². The Morgan fingerprint density at radius 1 is 1.12 bits per heavy atom. The molecule has 2 aliphatic heterocycles. The first kappa shape index (κ1) is 29.1. The van der Waals surface area contributed by atoms with E-state index in [-0.39, 0.29) is 25.6 Å². The van der Waals surface area contributed by atoms with Crippen LogP contribution >= 0.6 is 0 Å². The standard InChI is InChI=1S/C28H36FN5O6/c1-28(2,3)40-27(37)34-14-13-32(12-11-31-34)24-10-9-21(15-23(24)29)33-17-22(39-26(33)36)16-30-25(35)19-38-18-20-7-5-4-6-8-20/h4-10,15,22,31H,11-14,16-19H2,1-3H3,(H,30,35)/t22-/m0/s1. The van der Waals surface area contributed by atoms with Crippen molar-refractivity contribution in [3.8, 4) is 0 Å². The van der Waals surface area contributed by atoms with Crippen LogP contribution in [-0.4, -0.2) is 80.7 Å². The van der Waals surface area contributed by atoms with E-state index in [0.717, 1.165) is 5.56 Å². The number of ether oxygens (including phenoxy) is 3. The lowest BCUT2D eigenvalue weighted by molar-refractivity contribution is -0.126. The lowest BCUT2D eigenvalue weighted by Gasteiger charge is -2.27. The molecule has 2 N–H and O–H groups in total. The van der Waals surface area contributed by atoms with Crippen LogP contribution in [0.25, 0.3) is 0 Å². The molecule has 3 amide bonds. The highest BCUT2D eigenvalue weighted by Crippen LogP contribution is 2.28. The monoisotopic (exact) mass is 557 g/mol. The maximum absolute atomic E-state index is 15.2. The second-order valence-corrected chi connectivity index (χ2v) is 10.6. The summed E-state index contributed by atoms with van der Waals surface area (Å²) in [7, 11) is 0. The van der Waals surface area contributed by atoms with Crippen molar-refractivity contribution in [2.75, 3.05) is 55.7 Å². The average Bonchev–Trinajstić information content (AvgIpc) is 3.10. The molecule has 2 aromatic rings. The molecule has 40 heavy (non-hydrogen) atoms. The second-order valence-electron chi connectivity index (χ2n) is 10.6. The number of hydrogen-bond acceptors (Lipinski definition) is 8. The first-order chi connectivity index (χ1) is 19.1. The van der Waals surface area contributed by atoms with Gasteiger partial charge in [0.05, 0.1) is 37.6 Å². The molecular weight excluding hydrogens is 521 g/mol. The van der Waals surface area contributed by atoms with E-state index in [2.05, 4.69) is 10.7 Å². The maximum atomic E-state index is 15.2. The van der Waals surface area contributed by atoms with Crippen LogP contribution in [0.1, 0.15) is 26.3 Å². The summed E-state index contributed by atoms with van der Waals surface area (Å²) in [5.41, 5.74) is 4.08. The zero-order valence-corrected chi connectivity index (χ0v) is 23.0. The molecule has 12 heteroatoms. The Labute approximate surface area is 233 Å². The smallest absolute Gasteiger partial charge is 0.424 e. The van der Waals surface area contributed by atoms with Crippen molar-refractivity contribution < 1.29 is 33.0 Å². The highest BCUT2D eigenvalue weighted by atomic mass is 19.1. The van der Waals surface area contributed by atoms with Gasteiger partial charge in [-0.3, -0.25) is 9.69 Å². The van der Waals surface area contributed by atoms with Gasteiger partial charge in [0, 0.05) is 19.6 Å². The van der Waals surface area contributed by atoms with Gasteiger partial charge in [-0.1, -0.05) is 30.3 Å². The van der Waals surface area contributed by atoms with Crippen LogP contribution in [0.2, 0.25) is 0 Å². The van der Waals surface area contributed by atoms with Gasteiger partial charge in [0.25, 0.3) is 0 Å². The minimum absolute atomic E-state index is 0.116. The third-order valence-corrected chi connectivity index (χ3v) is 6.22.